The summed E-state index contributed by atoms with van der Waals surface area (Å²) in [4.78, 5) is 25.0. The van der Waals surface area contributed by atoms with Gasteiger partial charge in [-0.05, 0) is 55.2 Å². The third-order valence-corrected chi connectivity index (χ3v) is 6.15. The molecule has 0 aromatic heterocycles. The van der Waals surface area contributed by atoms with E-state index >= 15 is 0 Å². The lowest BCUT2D eigenvalue weighted by molar-refractivity contribution is 0.0910. The molecule has 0 saturated heterocycles. The molecule has 3 N–H and O–H groups in total. The standard InChI is InChI=1S/C21H22Cl3N3O2/c1-12-4-2-3-5-18(12)26-20(28)13-6-8-16(23)19(10-13)27-21(29)25-14-7-9-15(22)17(24)11-14/h6-12,18H,2-5H2,1H3,(H,26,28)(H2,25,27,29). The molecule has 0 aliphatic heterocycles. The second-order valence-electron chi connectivity index (χ2n) is 7.24. The van der Waals surface area contributed by atoms with Crippen LogP contribution in [0, 0.1) is 5.92 Å². The van der Waals surface area contributed by atoms with Gasteiger partial charge in [0.25, 0.3) is 5.91 Å². The molecule has 0 heterocycles. The van der Waals surface area contributed by atoms with Crippen LogP contribution in [0.3, 0.4) is 0 Å². The van der Waals surface area contributed by atoms with Gasteiger partial charge in [0.05, 0.1) is 20.8 Å². The van der Waals surface area contributed by atoms with Gasteiger partial charge >= 0.3 is 6.03 Å². The van der Waals surface area contributed by atoms with Gasteiger partial charge in [0.15, 0.2) is 0 Å². The highest BCUT2D eigenvalue weighted by Crippen LogP contribution is 2.27. The van der Waals surface area contributed by atoms with Crippen LogP contribution in [0.25, 0.3) is 0 Å². The number of hydrogen-bond acceptors (Lipinski definition) is 2. The topological polar surface area (TPSA) is 70.2 Å². The molecule has 1 saturated carbocycles. The largest absolute Gasteiger partial charge is 0.349 e. The molecule has 2 aromatic carbocycles. The fraction of sp³-hybridized carbons (Fsp3) is 0.333. The molecule has 5 nitrogen and oxygen atoms in total. The van der Waals surface area contributed by atoms with Gasteiger partial charge in [-0.1, -0.05) is 54.6 Å². The highest BCUT2D eigenvalue weighted by Gasteiger charge is 2.23. The van der Waals surface area contributed by atoms with Gasteiger partial charge in [-0.2, -0.15) is 0 Å². The van der Waals surface area contributed by atoms with Gasteiger partial charge in [-0.3, -0.25) is 4.79 Å². The summed E-state index contributed by atoms with van der Waals surface area (Å²) in [5.41, 5.74) is 1.26. The number of anilines is 2. The molecule has 1 aliphatic rings. The molecule has 0 radical (unpaired) electrons. The van der Waals surface area contributed by atoms with Crippen LogP contribution in [0.1, 0.15) is 43.0 Å². The third-order valence-electron chi connectivity index (χ3n) is 5.08. The Hall–Kier alpha value is -1.95. The lowest BCUT2D eigenvalue weighted by Gasteiger charge is -2.29. The van der Waals surface area contributed by atoms with Crippen molar-refractivity contribution >= 4 is 58.1 Å². The van der Waals surface area contributed by atoms with Gasteiger partial charge in [-0.15, -0.1) is 0 Å². The quantitative estimate of drug-likeness (QED) is 0.487. The molecule has 0 bridgehead atoms. The van der Waals surface area contributed by atoms with E-state index in [2.05, 4.69) is 22.9 Å². The number of rotatable bonds is 4. The molecule has 2 aromatic rings. The van der Waals surface area contributed by atoms with Crippen molar-refractivity contribution in [1.29, 1.82) is 0 Å². The summed E-state index contributed by atoms with van der Waals surface area (Å²) in [5.74, 6) is 0.280. The third kappa shape index (κ3) is 5.78. The maximum atomic E-state index is 12.7. The van der Waals surface area contributed by atoms with E-state index < -0.39 is 6.03 Å². The summed E-state index contributed by atoms with van der Waals surface area (Å²) in [6, 6.07) is 9.22. The number of carbonyl (C=O) groups is 2. The molecule has 2 unspecified atom stereocenters. The lowest BCUT2D eigenvalue weighted by atomic mass is 9.86. The number of halogens is 3. The maximum absolute atomic E-state index is 12.7. The highest BCUT2D eigenvalue weighted by molar-refractivity contribution is 6.42. The fourth-order valence-electron chi connectivity index (χ4n) is 3.40. The molecular weight excluding hydrogens is 433 g/mol. The first-order chi connectivity index (χ1) is 13.8. The zero-order valence-corrected chi connectivity index (χ0v) is 18.2. The number of hydrogen-bond donors (Lipinski definition) is 3. The Kier molecular flexibility index (Phi) is 7.28. The first-order valence-electron chi connectivity index (χ1n) is 9.47. The van der Waals surface area contributed by atoms with E-state index in [0.717, 1.165) is 19.3 Å². The number of carbonyl (C=O) groups excluding carboxylic acids is 2. The van der Waals surface area contributed by atoms with E-state index in [-0.39, 0.29) is 11.9 Å². The highest BCUT2D eigenvalue weighted by atomic mass is 35.5. The van der Waals surface area contributed by atoms with Crippen molar-refractivity contribution in [3.63, 3.8) is 0 Å². The molecule has 1 aliphatic carbocycles. The first-order valence-corrected chi connectivity index (χ1v) is 10.6. The van der Waals surface area contributed by atoms with Crippen LogP contribution < -0.4 is 16.0 Å². The summed E-state index contributed by atoms with van der Waals surface area (Å²) < 4.78 is 0. The fourth-order valence-corrected chi connectivity index (χ4v) is 3.87. The van der Waals surface area contributed by atoms with Gasteiger partial charge in [0.2, 0.25) is 0 Å². The molecule has 29 heavy (non-hydrogen) atoms. The minimum atomic E-state index is -0.510. The van der Waals surface area contributed by atoms with Crippen LogP contribution in [0.4, 0.5) is 16.2 Å². The molecule has 1 fully saturated rings. The average molecular weight is 455 g/mol. The van der Waals surface area contributed by atoms with Crippen molar-refractivity contribution in [3.8, 4) is 0 Å². The number of amides is 3. The van der Waals surface area contributed by atoms with Crippen molar-refractivity contribution in [1.82, 2.24) is 5.32 Å². The van der Waals surface area contributed by atoms with Crippen LogP contribution in [0.15, 0.2) is 36.4 Å². The zero-order chi connectivity index (χ0) is 21.0. The normalized spacial score (nSPS) is 18.8. The Bertz CT molecular complexity index is 920. The van der Waals surface area contributed by atoms with Gasteiger partial charge in [-0.25, -0.2) is 4.79 Å². The van der Waals surface area contributed by atoms with Crippen molar-refractivity contribution in [2.45, 2.75) is 38.6 Å². The molecule has 0 spiro atoms. The Morgan fingerprint density at radius 2 is 1.62 bits per heavy atom. The molecule has 8 heteroatoms. The van der Waals surface area contributed by atoms with Crippen LogP contribution >= 0.6 is 34.8 Å². The Balaban J connectivity index is 1.67. The second kappa shape index (κ2) is 9.70. The minimum absolute atomic E-state index is 0.168. The number of benzene rings is 2. The van der Waals surface area contributed by atoms with Crippen molar-refractivity contribution < 1.29 is 9.59 Å². The first kappa shape index (κ1) is 21.8. The average Bonchev–Trinajstić information content (AvgIpc) is 2.68. The predicted molar refractivity (Wildman–Crippen MR) is 119 cm³/mol. The molecule has 154 valence electrons. The van der Waals surface area contributed by atoms with Gasteiger partial charge < -0.3 is 16.0 Å². The van der Waals surface area contributed by atoms with Crippen molar-refractivity contribution in [2.75, 3.05) is 10.6 Å². The summed E-state index contributed by atoms with van der Waals surface area (Å²) in [7, 11) is 0. The van der Waals surface area contributed by atoms with E-state index in [1.54, 1.807) is 36.4 Å². The molecular formula is C21H22Cl3N3O2. The summed E-state index contributed by atoms with van der Waals surface area (Å²) >= 11 is 18.0. The number of urea groups is 1. The van der Waals surface area contributed by atoms with Crippen LogP contribution in [0.2, 0.25) is 15.1 Å². The summed E-state index contributed by atoms with van der Waals surface area (Å²) in [5, 5.41) is 9.47. The van der Waals surface area contributed by atoms with E-state index in [0.29, 0.717) is 37.9 Å². The Labute approximate surface area is 185 Å². The van der Waals surface area contributed by atoms with Crippen molar-refractivity contribution in [2.24, 2.45) is 5.92 Å². The second-order valence-corrected chi connectivity index (χ2v) is 8.47. The molecule has 2 atom stereocenters. The zero-order valence-electron chi connectivity index (χ0n) is 15.9. The van der Waals surface area contributed by atoms with E-state index in [1.165, 1.54) is 6.42 Å². The van der Waals surface area contributed by atoms with Crippen molar-refractivity contribution in [3.05, 3.63) is 57.0 Å². The van der Waals surface area contributed by atoms with E-state index in [1.807, 2.05) is 0 Å². The minimum Gasteiger partial charge on any atom is -0.349 e. The lowest BCUT2D eigenvalue weighted by Crippen LogP contribution is -2.41. The Morgan fingerprint density at radius 3 is 2.34 bits per heavy atom. The van der Waals surface area contributed by atoms with E-state index in [9.17, 15) is 9.59 Å². The smallest absolute Gasteiger partial charge is 0.323 e. The summed E-state index contributed by atoms with van der Waals surface area (Å²) in [6.45, 7) is 2.16. The van der Waals surface area contributed by atoms with Gasteiger partial charge in [0.1, 0.15) is 0 Å². The summed E-state index contributed by atoms with van der Waals surface area (Å²) in [6.07, 6.45) is 4.43. The predicted octanol–water partition coefficient (Wildman–Crippen LogP) is 6.60. The van der Waals surface area contributed by atoms with E-state index in [4.69, 9.17) is 34.8 Å². The van der Waals surface area contributed by atoms with Crippen LogP contribution in [0.5, 0.6) is 0 Å². The molecule has 3 amide bonds. The SMILES string of the molecule is CC1CCCCC1NC(=O)c1ccc(Cl)c(NC(=O)Nc2ccc(Cl)c(Cl)c2)c1. The van der Waals surface area contributed by atoms with Crippen LogP contribution in [-0.4, -0.2) is 18.0 Å². The monoisotopic (exact) mass is 453 g/mol. The Morgan fingerprint density at radius 1 is 0.897 bits per heavy atom. The number of nitrogens with one attached hydrogen (secondary N) is 3. The maximum Gasteiger partial charge on any atom is 0.323 e. The molecule has 3 rings (SSSR count). The van der Waals surface area contributed by atoms with Gasteiger partial charge in [0, 0.05) is 17.3 Å². The van der Waals surface area contributed by atoms with Crippen LogP contribution in [-0.2, 0) is 0 Å².